The molecule has 2 fully saturated rings. The Morgan fingerprint density at radius 1 is 1.00 bits per heavy atom. The summed E-state index contributed by atoms with van der Waals surface area (Å²) in [7, 11) is 0. The Morgan fingerprint density at radius 2 is 1.55 bits per heavy atom. The summed E-state index contributed by atoms with van der Waals surface area (Å²) in [6.45, 7) is 1.93. The molecule has 3 heteroatoms. The van der Waals surface area contributed by atoms with Crippen LogP contribution in [0.25, 0.3) is 0 Å². The summed E-state index contributed by atoms with van der Waals surface area (Å²) in [5.41, 5.74) is 5.87. The van der Waals surface area contributed by atoms with Crippen LogP contribution in [-0.4, -0.2) is 19.3 Å². The van der Waals surface area contributed by atoms with Gasteiger partial charge in [0, 0.05) is 19.3 Å². The molecule has 1 aliphatic heterocycles. The second-order valence-electron chi connectivity index (χ2n) is 3.74. The van der Waals surface area contributed by atoms with Crippen LogP contribution in [0.15, 0.2) is 0 Å². The van der Waals surface area contributed by atoms with Crippen molar-refractivity contribution in [3.63, 3.8) is 0 Å². The molecule has 11 heavy (non-hydrogen) atoms. The molecule has 2 nitrogen and oxygen atoms in total. The zero-order chi connectivity index (χ0) is 6.97. The highest BCUT2D eigenvalue weighted by Crippen LogP contribution is 2.32. The van der Waals surface area contributed by atoms with Crippen molar-refractivity contribution < 1.29 is 4.74 Å². The van der Waals surface area contributed by atoms with Gasteiger partial charge in [-0.3, -0.25) is 0 Å². The van der Waals surface area contributed by atoms with Crippen LogP contribution in [-0.2, 0) is 4.74 Å². The maximum Gasteiger partial charge on any atom is 0.0495 e. The predicted octanol–water partition coefficient (Wildman–Crippen LogP) is 1.18. The molecule has 2 bridgehead atoms. The van der Waals surface area contributed by atoms with Gasteiger partial charge in [0.25, 0.3) is 0 Å². The minimum atomic E-state index is 0. The van der Waals surface area contributed by atoms with Crippen LogP contribution in [0.1, 0.15) is 19.3 Å². The molecule has 1 aliphatic carbocycles. The Kier molecular flexibility index (Phi) is 3.16. The van der Waals surface area contributed by atoms with Gasteiger partial charge in [-0.05, 0) is 31.1 Å². The van der Waals surface area contributed by atoms with E-state index in [0.29, 0.717) is 6.04 Å². The average Bonchev–Trinajstić information content (AvgIpc) is 1.85. The van der Waals surface area contributed by atoms with Gasteiger partial charge >= 0.3 is 0 Å². The number of nitrogens with two attached hydrogens (primary N) is 1. The van der Waals surface area contributed by atoms with Crippen molar-refractivity contribution in [1.82, 2.24) is 0 Å². The van der Waals surface area contributed by atoms with Crippen molar-refractivity contribution in [1.29, 1.82) is 0 Å². The average molecular weight is 178 g/mol. The first kappa shape index (κ1) is 9.30. The SMILES string of the molecule is Cl.NC1C[C@H]2COC[C@@H](C1)C2. The first-order valence-corrected chi connectivity index (χ1v) is 4.18. The Balaban J connectivity index is 0.000000605. The van der Waals surface area contributed by atoms with Crippen LogP contribution in [0.4, 0.5) is 0 Å². The second kappa shape index (κ2) is 3.74. The fourth-order valence-corrected chi connectivity index (χ4v) is 2.29. The Labute approximate surface area is 73.9 Å². The van der Waals surface area contributed by atoms with E-state index < -0.39 is 0 Å². The van der Waals surface area contributed by atoms with Crippen LogP contribution in [0, 0.1) is 11.8 Å². The summed E-state index contributed by atoms with van der Waals surface area (Å²) >= 11 is 0. The van der Waals surface area contributed by atoms with Gasteiger partial charge in [-0.15, -0.1) is 12.4 Å². The summed E-state index contributed by atoms with van der Waals surface area (Å²) in [4.78, 5) is 0. The number of rotatable bonds is 0. The molecule has 0 spiro atoms. The van der Waals surface area contributed by atoms with Crippen molar-refractivity contribution >= 4 is 12.4 Å². The van der Waals surface area contributed by atoms with E-state index in [1.54, 1.807) is 0 Å². The lowest BCUT2D eigenvalue weighted by Gasteiger charge is -2.37. The van der Waals surface area contributed by atoms with E-state index in [9.17, 15) is 0 Å². The molecule has 0 aromatic rings. The fourth-order valence-electron chi connectivity index (χ4n) is 2.29. The molecular weight excluding hydrogens is 162 g/mol. The first-order chi connectivity index (χ1) is 4.84. The third-order valence-corrected chi connectivity index (χ3v) is 2.65. The summed E-state index contributed by atoms with van der Waals surface area (Å²) in [5.74, 6) is 1.56. The van der Waals surface area contributed by atoms with E-state index >= 15 is 0 Å². The summed E-state index contributed by atoms with van der Waals surface area (Å²) < 4.78 is 5.43. The molecule has 0 aromatic carbocycles. The van der Waals surface area contributed by atoms with Crippen LogP contribution in [0.5, 0.6) is 0 Å². The lowest BCUT2D eigenvalue weighted by Crippen LogP contribution is -2.39. The lowest BCUT2D eigenvalue weighted by molar-refractivity contribution is -0.0150. The van der Waals surface area contributed by atoms with Gasteiger partial charge < -0.3 is 10.5 Å². The Hall–Kier alpha value is 0.210. The van der Waals surface area contributed by atoms with Gasteiger partial charge in [0.15, 0.2) is 0 Å². The molecule has 66 valence electrons. The van der Waals surface area contributed by atoms with E-state index in [2.05, 4.69) is 0 Å². The zero-order valence-corrected chi connectivity index (χ0v) is 7.48. The largest absolute Gasteiger partial charge is 0.381 e. The first-order valence-electron chi connectivity index (χ1n) is 4.18. The van der Waals surface area contributed by atoms with Crippen molar-refractivity contribution in [2.24, 2.45) is 17.6 Å². The molecule has 0 amide bonds. The number of hydrogen-bond acceptors (Lipinski definition) is 2. The zero-order valence-electron chi connectivity index (χ0n) is 6.66. The van der Waals surface area contributed by atoms with Crippen LogP contribution >= 0.6 is 12.4 Å². The molecule has 1 saturated heterocycles. The van der Waals surface area contributed by atoms with E-state index in [1.807, 2.05) is 0 Å². The minimum absolute atomic E-state index is 0. The minimum Gasteiger partial charge on any atom is -0.381 e. The van der Waals surface area contributed by atoms with E-state index in [0.717, 1.165) is 25.0 Å². The Morgan fingerprint density at radius 3 is 2.09 bits per heavy atom. The molecular formula is C8H16ClNO. The van der Waals surface area contributed by atoms with Crippen LogP contribution in [0.3, 0.4) is 0 Å². The molecule has 2 rings (SSSR count). The third kappa shape index (κ3) is 2.08. The molecule has 0 aromatic heterocycles. The fraction of sp³-hybridized carbons (Fsp3) is 1.00. The van der Waals surface area contributed by atoms with Gasteiger partial charge in [0.2, 0.25) is 0 Å². The highest BCUT2D eigenvalue weighted by atomic mass is 35.5. The van der Waals surface area contributed by atoms with Crippen molar-refractivity contribution in [3.8, 4) is 0 Å². The van der Waals surface area contributed by atoms with Gasteiger partial charge in [-0.1, -0.05) is 0 Å². The van der Waals surface area contributed by atoms with E-state index in [4.69, 9.17) is 10.5 Å². The lowest BCUT2D eigenvalue weighted by atomic mass is 9.78. The molecule has 2 aliphatic rings. The van der Waals surface area contributed by atoms with E-state index in [-0.39, 0.29) is 12.4 Å². The second-order valence-corrected chi connectivity index (χ2v) is 3.74. The smallest absolute Gasteiger partial charge is 0.0495 e. The summed E-state index contributed by atoms with van der Waals surface area (Å²) in [5, 5.41) is 0. The Bertz CT molecular complexity index is 115. The van der Waals surface area contributed by atoms with E-state index in [1.165, 1.54) is 19.3 Å². The third-order valence-electron chi connectivity index (χ3n) is 2.65. The van der Waals surface area contributed by atoms with Crippen molar-refractivity contribution in [3.05, 3.63) is 0 Å². The standard InChI is InChI=1S/C8H15NO.ClH/c9-8-2-6-1-7(3-8)5-10-4-6;/h6-8H,1-5,9H2;1H/t6-,7+,8?;. The topological polar surface area (TPSA) is 35.2 Å². The molecule has 0 radical (unpaired) electrons. The number of halogens is 1. The van der Waals surface area contributed by atoms with Gasteiger partial charge in [-0.25, -0.2) is 0 Å². The maximum atomic E-state index is 5.87. The monoisotopic (exact) mass is 177 g/mol. The van der Waals surface area contributed by atoms with Gasteiger partial charge in [0.05, 0.1) is 0 Å². The van der Waals surface area contributed by atoms with Crippen LogP contribution in [0.2, 0.25) is 0 Å². The molecule has 1 heterocycles. The van der Waals surface area contributed by atoms with Crippen LogP contribution < -0.4 is 5.73 Å². The van der Waals surface area contributed by atoms with Gasteiger partial charge in [0.1, 0.15) is 0 Å². The van der Waals surface area contributed by atoms with Crippen molar-refractivity contribution in [2.75, 3.05) is 13.2 Å². The molecule has 1 saturated carbocycles. The summed E-state index contributed by atoms with van der Waals surface area (Å²) in [6.07, 6.45) is 3.75. The van der Waals surface area contributed by atoms with Gasteiger partial charge in [-0.2, -0.15) is 0 Å². The maximum absolute atomic E-state index is 5.87. The highest BCUT2D eigenvalue weighted by molar-refractivity contribution is 5.85. The molecule has 3 atom stereocenters. The predicted molar refractivity (Wildman–Crippen MR) is 46.9 cm³/mol. The normalized spacial score (nSPS) is 42.8. The quantitative estimate of drug-likeness (QED) is 0.603. The number of hydrogen-bond donors (Lipinski definition) is 1. The van der Waals surface area contributed by atoms with Crippen molar-refractivity contribution in [2.45, 2.75) is 25.3 Å². The number of ether oxygens (including phenoxy) is 1. The number of fused-ring (bicyclic) bond motifs is 2. The highest BCUT2D eigenvalue weighted by Gasteiger charge is 2.30. The summed E-state index contributed by atoms with van der Waals surface area (Å²) in [6, 6.07) is 0.465. The molecule has 2 N–H and O–H groups in total. The molecule has 1 unspecified atom stereocenters.